The molecule has 68 heavy (non-hydrogen) atoms. The number of aromatic nitrogens is 1. The largest absolute Gasteiger partial charge is 0.456 e. The van der Waals surface area contributed by atoms with Crippen molar-refractivity contribution in [3.05, 3.63) is 277 Å². The molecule has 0 radical (unpaired) electrons. The third-order valence-electron chi connectivity index (χ3n) is 14.4. The number of anilines is 3. The molecule has 0 saturated heterocycles. The van der Waals surface area contributed by atoms with Crippen LogP contribution in [0, 0.1) is 0 Å². The molecule has 0 aliphatic heterocycles. The molecule has 318 valence electrons. The Bertz CT molecular complexity index is 4040. The second-order valence-corrected chi connectivity index (χ2v) is 18.0. The van der Waals surface area contributed by atoms with E-state index in [4.69, 9.17) is 4.42 Å². The Kier molecular flexibility index (Phi) is 8.50. The number of rotatable bonds is 7. The van der Waals surface area contributed by atoms with E-state index < -0.39 is 5.41 Å². The van der Waals surface area contributed by atoms with E-state index in [0.29, 0.717) is 0 Å². The van der Waals surface area contributed by atoms with E-state index >= 15 is 0 Å². The Morgan fingerprint density at radius 3 is 1.81 bits per heavy atom. The fourth-order valence-corrected chi connectivity index (χ4v) is 11.6. The molecule has 3 nitrogen and oxygen atoms in total. The molecule has 0 bridgehead atoms. The first-order chi connectivity index (χ1) is 33.8. The smallest absolute Gasteiger partial charge is 0.137 e. The van der Waals surface area contributed by atoms with Crippen molar-refractivity contribution >= 4 is 71.6 Å². The number of benzene rings is 11. The van der Waals surface area contributed by atoms with Gasteiger partial charge in [0.25, 0.3) is 0 Å². The zero-order valence-electron chi connectivity index (χ0n) is 37.1. The maximum absolute atomic E-state index is 6.59. The van der Waals surface area contributed by atoms with Crippen molar-refractivity contribution in [3.63, 3.8) is 0 Å². The molecule has 0 fully saturated rings. The van der Waals surface area contributed by atoms with Gasteiger partial charge >= 0.3 is 0 Å². The molecular formula is C65H42N2O. The molecule has 2 aromatic heterocycles. The maximum atomic E-state index is 6.59. The van der Waals surface area contributed by atoms with Crippen LogP contribution in [-0.2, 0) is 5.41 Å². The SMILES string of the molecule is c1ccc(-c2ccc3c(c2)c2c(N(c4ccccc4)c4cccc5c4-c4ccccc4C5(c4ccccc4)c4ccccc4)cc4ccccc4c2n3-c2ccc3c(c2)oc2ccccc23)cc1. The van der Waals surface area contributed by atoms with Crippen molar-refractivity contribution in [3.8, 4) is 27.9 Å². The highest BCUT2D eigenvalue weighted by atomic mass is 16.3. The zero-order chi connectivity index (χ0) is 44.8. The van der Waals surface area contributed by atoms with Crippen LogP contribution in [0.1, 0.15) is 22.3 Å². The Labute approximate surface area is 394 Å². The van der Waals surface area contributed by atoms with Gasteiger partial charge in [0.1, 0.15) is 11.2 Å². The van der Waals surface area contributed by atoms with Gasteiger partial charge in [-0.2, -0.15) is 0 Å². The molecule has 14 rings (SSSR count). The minimum absolute atomic E-state index is 0.554. The molecule has 2 heterocycles. The molecule has 11 aromatic carbocycles. The van der Waals surface area contributed by atoms with Crippen molar-refractivity contribution in [2.24, 2.45) is 0 Å². The fourth-order valence-electron chi connectivity index (χ4n) is 11.6. The summed E-state index contributed by atoms with van der Waals surface area (Å²) in [6.45, 7) is 0. The van der Waals surface area contributed by atoms with Crippen LogP contribution < -0.4 is 4.90 Å². The number of para-hydroxylation sites is 2. The summed E-state index contributed by atoms with van der Waals surface area (Å²) in [7, 11) is 0. The van der Waals surface area contributed by atoms with Crippen molar-refractivity contribution < 1.29 is 4.42 Å². The first kappa shape index (κ1) is 38.4. The molecule has 1 aliphatic rings. The van der Waals surface area contributed by atoms with Gasteiger partial charge in [-0.25, -0.2) is 0 Å². The topological polar surface area (TPSA) is 21.3 Å². The molecule has 0 atom stereocenters. The lowest BCUT2D eigenvalue weighted by atomic mass is 9.68. The Balaban J connectivity index is 1.13. The van der Waals surface area contributed by atoms with Crippen LogP contribution in [0.4, 0.5) is 17.1 Å². The van der Waals surface area contributed by atoms with Crippen molar-refractivity contribution in [1.82, 2.24) is 4.57 Å². The van der Waals surface area contributed by atoms with E-state index in [-0.39, 0.29) is 0 Å². The number of fused-ring (bicyclic) bond motifs is 11. The minimum atomic E-state index is -0.554. The Morgan fingerprint density at radius 2 is 1.03 bits per heavy atom. The van der Waals surface area contributed by atoms with Crippen LogP contribution in [-0.4, -0.2) is 4.57 Å². The van der Waals surface area contributed by atoms with Crippen LogP contribution >= 0.6 is 0 Å². The van der Waals surface area contributed by atoms with E-state index in [1.807, 2.05) is 6.07 Å². The molecule has 0 saturated carbocycles. The summed E-state index contributed by atoms with van der Waals surface area (Å²) in [6, 6.07) is 93.3. The second kappa shape index (κ2) is 15.1. The first-order valence-corrected chi connectivity index (χ1v) is 23.4. The molecule has 0 unspecified atom stereocenters. The normalized spacial score (nSPS) is 12.8. The predicted octanol–water partition coefficient (Wildman–Crippen LogP) is 17.3. The summed E-state index contributed by atoms with van der Waals surface area (Å²) < 4.78 is 9.06. The van der Waals surface area contributed by atoms with Gasteiger partial charge < -0.3 is 13.9 Å². The van der Waals surface area contributed by atoms with E-state index in [9.17, 15) is 0 Å². The molecule has 0 spiro atoms. The van der Waals surface area contributed by atoms with Crippen LogP contribution in [0.5, 0.6) is 0 Å². The average Bonchev–Trinajstić information content (AvgIpc) is 4.06. The summed E-state index contributed by atoms with van der Waals surface area (Å²) in [6.07, 6.45) is 0. The molecular weight excluding hydrogens is 825 g/mol. The summed E-state index contributed by atoms with van der Waals surface area (Å²) in [5.74, 6) is 0. The lowest BCUT2D eigenvalue weighted by Gasteiger charge is -2.34. The lowest BCUT2D eigenvalue weighted by Crippen LogP contribution is -2.28. The minimum Gasteiger partial charge on any atom is -0.456 e. The highest BCUT2D eigenvalue weighted by Crippen LogP contribution is 2.60. The Morgan fingerprint density at radius 1 is 0.397 bits per heavy atom. The van der Waals surface area contributed by atoms with E-state index in [1.165, 1.54) is 60.7 Å². The fraction of sp³-hybridized carbons (Fsp3) is 0.0154. The van der Waals surface area contributed by atoms with Gasteiger partial charge in [-0.1, -0.05) is 194 Å². The van der Waals surface area contributed by atoms with Crippen molar-refractivity contribution in [2.75, 3.05) is 4.90 Å². The predicted molar refractivity (Wildman–Crippen MR) is 283 cm³/mol. The summed E-state index contributed by atoms with van der Waals surface area (Å²) in [5, 5.41) is 6.91. The highest BCUT2D eigenvalue weighted by molar-refractivity contribution is 6.25. The third-order valence-corrected chi connectivity index (χ3v) is 14.4. The van der Waals surface area contributed by atoms with Gasteiger partial charge in [-0.3, -0.25) is 0 Å². The number of furan rings is 1. The van der Waals surface area contributed by atoms with Gasteiger partial charge in [0.2, 0.25) is 0 Å². The summed E-state index contributed by atoms with van der Waals surface area (Å²) in [4.78, 5) is 2.54. The maximum Gasteiger partial charge on any atom is 0.137 e. The second-order valence-electron chi connectivity index (χ2n) is 18.0. The highest BCUT2D eigenvalue weighted by Gasteiger charge is 2.47. The molecule has 1 aliphatic carbocycles. The monoisotopic (exact) mass is 866 g/mol. The van der Waals surface area contributed by atoms with Gasteiger partial charge in [0.15, 0.2) is 0 Å². The third kappa shape index (κ3) is 5.54. The van der Waals surface area contributed by atoms with Crippen LogP contribution in [0.3, 0.4) is 0 Å². The summed E-state index contributed by atoms with van der Waals surface area (Å²) in [5.41, 5.74) is 17.6. The van der Waals surface area contributed by atoms with Crippen molar-refractivity contribution in [2.45, 2.75) is 5.41 Å². The van der Waals surface area contributed by atoms with Gasteiger partial charge in [-0.05, 0) is 98.9 Å². The average molecular weight is 867 g/mol. The first-order valence-electron chi connectivity index (χ1n) is 23.4. The van der Waals surface area contributed by atoms with Gasteiger partial charge in [-0.15, -0.1) is 0 Å². The van der Waals surface area contributed by atoms with Gasteiger partial charge in [0.05, 0.1) is 27.8 Å². The molecule has 0 N–H and O–H groups in total. The van der Waals surface area contributed by atoms with Gasteiger partial charge in [0, 0.05) is 49.9 Å². The van der Waals surface area contributed by atoms with E-state index in [0.717, 1.165) is 61.1 Å². The van der Waals surface area contributed by atoms with Crippen LogP contribution in [0.25, 0.3) is 82.5 Å². The van der Waals surface area contributed by atoms with Crippen molar-refractivity contribution in [1.29, 1.82) is 0 Å². The molecule has 13 aromatic rings. The Hall–Kier alpha value is -8.92. The number of hydrogen-bond acceptors (Lipinski definition) is 2. The quantitative estimate of drug-likeness (QED) is 0.159. The van der Waals surface area contributed by atoms with Crippen LogP contribution in [0.2, 0.25) is 0 Å². The zero-order valence-corrected chi connectivity index (χ0v) is 37.1. The molecule has 3 heteroatoms. The number of nitrogens with zero attached hydrogens (tertiary/aromatic N) is 2. The van der Waals surface area contributed by atoms with Crippen LogP contribution in [0.15, 0.2) is 259 Å². The lowest BCUT2D eigenvalue weighted by molar-refractivity contribution is 0.668. The van der Waals surface area contributed by atoms with E-state index in [2.05, 4.69) is 258 Å². The standard InChI is InChI=1S/C65H42N2O/c1-5-20-43(21-6-1)44-36-39-57-54(40-44)63-59(41-45-22-13-14-29-50(45)64(63)67(57)49-37-38-52-51-30-16-18-35-60(51)68-61(52)42-49)66(48-27-11-4-12-28-48)58-34-19-33-56-62(58)53-31-15-17-32-55(53)65(56,46-23-7-2-8-24-46)47-25-9-3-10-26-47/h1-42H. The summed E-state index contributed by atoms with van der Waals surface area (Å²) >= 11 is 0. The molecule has 0 amide bonds. The number of hydrogen-bond donors (Lipinski definition) is 0. The van der Waals surface area contributed by atoms with E-state index in [1.54, 1.807) is 0 Å².